The highest BCUT2D eigenvalue weighted by molar-refractivity contribution is 9.09. The Morgan fingerprint density at radius 1 is 1.16 bits per heavy atom. The van der Waals surface area contributed by atoms with Crippen LogP contribution in [0.15, 0.2) is 42.5 Å². The van der Waals surface area contributed by atoms with Crippen molar-refractivity contribution >= 4 is 15.9 Å². The molecule has 0 fully saturated rings. The molecule has 0 heterocycles. The molecule has 0 saturated carbocycles. The second-order valence-electron chi connectivity index (χ2n) is 4.16. The van der Waals surface area contributed by atoms with Crippen molar-refractivity contribution in [3.8, 4) is 5.75 Å². The van der Waals surface area contributed by atoms with Gasteiger partial charge in [0.1, 0.15) is 5.75 Å². The largest absolute Gasteiger partial charge is 0.497 e. The maximum atomic E-state index is 13.6. The number of alkyl halides is 1. The molecule has 0 aromatic heterocycles. The van der Waals surface area contributed by atoms with E-state index < -0.39 is 11.6 Å². The van der Waals surface area contributed by atoms with Crippen LogP contribution in [0.1, 0.15) is 16.0 Å². The van der Waals surface area contributed by atoms with E-state index in [4.69, 9.17) is 4.74 Å². The van der Waals surface area contributed by atoms with Gasteiger partial charge in [-0.25, -0.2) is 8.78 Å². The van der Waals surface area contributed by atoms with Gasteiger partial charge in [-0.2, -0.15) is 0 Å². The van der Waals surface area contributed by atoms with E-state index in [1.54, 1.807) is 13.2 Å². The topological polar surface area (TPSA) is 9.23 Å². The van der Waals surface area contributed by atoms with E-state index in [9.17, 15) is 8.78 Å². The number of methoxy groups -OCH3 is 1. The predicted molar refractivity (Wildman–Crippen MR) is 74.7 cm³/mol. The molecule has 0 saturated heterocycles. The maximum absolute atomic E-state index is 13.6. The molecule has 0 radical (unpaired) electrons. The fourth-order valence-corrected chi connectivity index (χ4v) is 2.49. The van der Waals surface area contributed by atoms with Crippen LogP contribution in [0.4, 0.5) is 8.78 Å². The van der Waals surface area contributed by atoms with Crippen LogP contribution in [-0.2, 0) is 6.42 Å². The van der Waals surface area contributed by atoms with Gasteiger partial charge in [-0.05, 0) is 35.7 Å². The molecule has 0 amide bonds. The van der Waals surface area contributed by atoms with Crippen molar-refractivity contribution in [3.63, 3.8) is 0 Å². The molecular weight excluding hydrogens is 314 g/mol. The third-order valence-corrected chi connectivity index (χ3v) is 3.74. The van der Waals surface area contributed by atoms with Crippen molar-refractivity contribution in [1.29, 1.82) is 0 Å². The monoisotopic (exact) mass is 326 g/mol. The van der Waals surface area contributed by atoms with Crippen molar-refractivity contribution in [2.24, 2.45) is 0 Å². The van der Waals surface area contributed by atoms with Crippen LogP contribution in [0, 0.1) is 11.6 Å². The zero-order valence-corrected chi connectivity index (χ0v) is 12.0. The normalized spacial score (nSPS) is 12.2. The van der Waals surface area contributed by atoms with Gasteiger partial charge in [0.15, 0.2) is 11.6 Å². The van der Waals surface area contributed by atoms with Crippen molar-refractivity contribution < 1.29 is 13.5 Å². The minimum Gasteiger partial charge on any atom is -0.497 e. The first-order valence-corrected chi connectivity index (χ1v) is 6.74. The van der Waals surface area contributed by atoms with E-state index in [-0.39, 0.29) is 4.83 Å². The van der Waals surface area contributed by atoms with Gasteiger partial charge in [0, 0.05) is 4.83 Å². The Morgan fingerprint density at radius 2 is 1.89 bits per heavy atom. The molecule has 1 atom stereocenters. The molecule has 2 rings (SSSR count). The number of hydrogen-bond acceptors (Lipinski definition) is 1. The lowest BCUT2D eigenvalue weighted by Crippen LogP contribution is -2.00. The molecule has 0 aliphatic carbocycles. The third kappa shape index (κ3) is 3.32. The summed E-state index contributed by atoms with van der Waals surface area (Å²) in [7, 11) is 1.59. The standard InChI is InChI=1S/C15H13BrF2O/c1-19-12-6-2-4-10(8-12)13(16)9-11-5-3-7-14(17)15(11)18/h2-8,13H,9H2,1H3. The number of rotatable bonds is 4. The number of hydrogen-bond donors (Lipinski definition) is 0. The second-order valence-corrected chi connectivity index (χ2v) is 5.27. The van der Waals surface area contributed by atoms with E-state index in [1.165, 1.54) is 6.07 Å². The first kappa shape index (κ1) is 14.0. The minimum atomic E-state index is -0.817. The lowest BCUT2D eigenvalue weighted by atomic mass is 10.0. The maximum Gasteiger partial charge on any atom is 0.162 e. The van der Waals surface area contributed by atoms with Crippen molar-refractivity contribution in [2.45, 2.75) is 11.2 Å². The molecule has 0 spiro atoms. The molecule has 100 valence electrons. The lowest BCUT2D eigenvalue weighted by Gasteiger charge is -2.12. The van der Waals surface area contributed by atoms with Gasteiger partial charge in [0.2, 0.25) is 0 Å². The summed E-state index contributed by atoms with van der Waals surface area (Å²) in [6.45, 7) is 0. The Bertz CT molecular complexity index is 572. The van der Waals surface area contributed by atoms with Gasteiger partial charge < -0.3 is 4.74 Å². The van der Waals surface area contributed by atoms with Gasteiger partial charge in [0.25, 0.3) is 0 Å². The van der Waals surface area contributed by atoms with Gasteiger partial charge in [-0.1, -0.05) is 40.2 Å². The highest BCUT2D eigenvalue weighted by Gasteiger charge is 2.14. The average Bonchev–Trinajstić information content (AvgIpc) is 2.44. The molecule has 2 aromatic carbocycles. The molecule has 0 bridgehead atoms. The molecule has 19 heavy (non-hydrogen) atoms. The lowest BCUT2D eigenvalue weighted by molar-refractivity contribution is 0.414. The van der Waals surface area contributed by atoms with Gasteiger partial charge >= 0.3 is 0 Å². The summed E-state index contributed by atoms with van der Waals surface area (Å²) in [5, 5.41) is 0. The van der Waals surface area contributed by atoms with Crippen molar-refractivity contribution in [2.75, 3.05) is 7.11 Å². The number of benzene rings is 2. The molecule has 2 aromatic rings. The highest BCUT2D eigenvalue weighted by atomic mass is 79.9. The van der Waals surface area contributed by atoms with Crippen molar-refractivity contribution in [3.05, 3.63) is 65.2 Å². The van der Waals surface area contributed by atoms with Crippen LogP contribution in [0.5, 0.6) is 5.75 Å². The fraction of sp³-hybridized carbons (Fsp3) is 0.200. The Kier molecular flexibility index (Phi) is 4.53. The summed E-state index contributed by atoms with van der Waals surface area (Å²) >= 11 is 3.50. The SMILES string of the molecule is COc1cccc(C(Br)Cc2cccc(F)c2F)c1. The van der Waals surface area contributed by atoms with Crippen LogP contribution in [0.2, 0.25) is 0 Å². The summed E-state index contributed by atoms with van der Waals surface area (Å²) < 4.78 is 31.9. The molecule has 0 aliphatic heterocycles. The predicted octanol–water partition coefficient (Wildman–Crippen LogP) is 4.65. The van der Waals surface area contributed by atoms with E-state index in [2.05, 4.69) is 15.9 Å². The summed E-state index contributed by atoms with van der Waals surface area (Å²) in [6, 6.07) is 11.7. The van der Waals surface area contributed by atoms with E-state index in [0.717, 1.165) is 17.4 Å². The summed E-state index contributed by atoms with van der Waals surface area (Å²) in [5.41, 5.74) is 1.31. The molecule has 4 heteroatoms. The van der Waals surface area contributed by atoms with Gasteiger partial charge in [-0.15, -0.1) is 0 Å². The first-order chi connectivity index (χ1) is 9.11. The molecule has 1 unspecified atom stereocenters. The van der Waals surface area contributed by atoms with E-state index in [0.29, 0.717) is 12.0 Å². The quantitative estimate of drug-likeness (QED) is 0.743. The van der Waals surface area contributed by atoms with Gasteiger partial charge in [0.05, 0.1) is 7.11 Å². The van der Waals surface area contributed by atoms with E-state index >= 15 is 0 Å². The van der Waals surface area contributed by atoms with Crippen LogP contribution in [0.25, 0.3) is 0 Å². The summed E-state index contributed by atoms with van der Waals surface area (Å²) in [5.74, 6) is -0.862. The molecular formula is C15H13BrF2O. The fourth-order valence-electron chi connectivity index (χ4n) is 1.85. The third-order valence-electron chi connectivity index (χ3n) is 2.89. The first-order valence-electron chi connectivity index (χ1n) is 5.82. The Labute approximate surface area is 119 Å². The zero-order valence-electron chi connectivity index (χ0n) is 10.4. The summed E-state index contributed by atoms with van der Waals surface area (Å²) in [4.78, 5) is -0.0982. The van der Waals surface area contributed by atoms with Crippen LogP contribution in [-0.4, -0.2) is 7.11 Å². The minimum absolute atomic E-state index is 0.0982. The highest BCUT2D eigenvalue weighted by Crippen LogP contribution is 2.30. The van der Waals surface area contributed by atoms with Crippen LogP contribution < -0.4 is 4.74 Å². The summed E-state index contributed by atoms with van der Waals surface area (Å²) in [6.07, 6.45) is 0.372. The number of ether oxygens (including phenoxy) is 1. The van der Waals surface area contributed by atoms with Crippen LogP contribution in [0.3, 0.4) is 0 Å². The van der Waals surface area contributed by atoms with Gasteiger partial charge in [-0.3, -0.25) is 0 Å². The van der Waals surface area contributed by atoms with Crippen molar-refractivity contribution in [1.82, 2.24) is 0 Å². The van der Waals surface area contributed by atoms with Crippen LogP contribution >= 0.6 is 15.9 Å². The zero-order chi connectivity index (χ0) is 13.8. The van der Waals surface area contributed by atoms with E-state index in [1.807, 2.05) is 24.3 Å². The molecule has 0 N–H and O–H groups in total. The Morgan fingerprint density at radius 3 is 2.63 bits per heavy atom. The second kappa shape index (κ2) is 6.15. The number of halogens is 3. The Balaban J connectivity index is 2.20. The molecule has 0 aliphatic rings. The Hall–Kier alpha value is -1.42. The smallest absolute Gasteiger partial charge is 0.162 e. The molecule has 1 nitrogen and oxygen atoms in total. The average molecular weight is 327 g/mol.